The van der Waals surface area contributed by atoms with Crippen LogP contribution in [0.3, 0.4) is 0 Å². The first-order chi connectivity index (χ1) is 7.22. The minimum absolute atomic E-state index is 0.0646. The third-order valence-corrected chi connectivity index (χ3v) is 3.19. The van der Waals surface area contributed by atoms with E-state index in [1.54, 1.807) is 0 Å². The maximum Gasteiger partial charge on any atom is 0.0586 e. The quantitative estimate of drug-likeness (QED) is 0.402. The van der Waals surface area contributed by atoms with Crippen molar-refractivity contribution in [2.24, 2.45) is 11.0 Å². The van der Waals surface area contributed by atoms with Gasteiger partial charge >= 0.3 is 0 Å². The molecule has 0 unspecified atom stereocenters. The van der Waals surface area contributed by atoms with Crippen LogP contribution >= 0.6 is 0 Å². The van der Waals surface area contributed by atoms with Crippen LogP contribution in [0.15, 0.2) is 5.11 Å². The molecular weight excluding hydrogens is 196 g/mol. The largest absolute Gasteiger partial charge is 0.395 e. The third-order valence-electron chi connectivity index (χ3n) is 3.19. The summed E-state index contributed by atoms with van der Waals surface area (Å²) >= 11 is 0. The summed E-state index contributed by atoms with van der Waals surface area (Å²) < 4.78 is 0. The fourth-order valence-electron chi connectivity index (χ4n) is 2.20. The molecular formula is C9H18N4O2. The van der Waals surface area contributed by atoms with Crippen LogP contribution in [-0.2, 0) is 0 Å². The van der Waals surface area contributed by atoms with E-state index in [1.807, 2.05) is 11.9 Å². The van der Waals surface area contributed by atoms with E-state index in [1.165, 1.54) is 0 Å². The second kappa shape index (κ2) is 5.92. The van der Waals surface area contributed by atoms with Crippen LogP contribution in [0.1, 0.15) is 12.8 Å². The van der Waals surface area contributed by atoms with E-state index in [4.69, 9.17) is 5.53 Å². The number of nitrogens with zero attached hydrogens (tertiary/aromatic N) is 4. The monoisotopic (exact) mass is 214 g/mol. The van der Waals surface area contributed by atoms with Gasteiger partial charge in [-0.2, -0.15) is 0 Å². The molecule has 1 aliphatic heterocycles. The van der Waals surface area contributed by atoms with Crippen molar-refractivity contribution in [3.8, 4) is 0 Å². The number of hydrogen-bond acceptors (Lipinski definition) is 4. The zero-order valence-electron chi connectivity index (χ0n) is 8.95. The van der Waals surface area contributed by atoms with Gasteiger partial charge in [0.05, 0.1) is 13.2 Å². The maximum atomic E-state index is 9.19. The van der Waals surface area contributed by atoms with Gasteiger partial charge in [0.2, 0.25) is 0 Å². The molecule has 0 amide bonds. The Labute approximate surface area is 89.1 Å². The first-order valence-electron chi connectivity index (χ1n) is 5.17. The molecule has 15 heavy (non-hydrogen) atoms. The summed E-state index contributed by atoms with van der Waals surface area (Å²) in [5.41, 5.74) is 8.24. The SMILES string of the molecule is CN1[C@H](CO)C[C@H](CN=[N+]=[N-])C[C@@H]1CO. The normalized spacial score (nSPS) is 32.3. The van der Waals surface area contributed by atoms with Crippen LogP contribution < -0.4 is 0 Å². The van der Waals surface area contributed by atoms with Crippen LogP contribution in [-0.4, -0.2) is 54.0 Å². The lowest BCUT2D eigenvalue weighted by molar-refractivity contribution is 0.0169. The van der Waals surface area contributed by atoms with Crippen molar-refractivity contribution in [2.75, 3.05) is 26.8 Å². The average Bonchev–Trinajstić information content (AvgIpc) is 2.27. The summed E-state index contributed by atoms with van der Waals surface area (Å²) in [5, 5.41) is 21.9. The maximum absolute atomic E-state index is 9.19. The van der Waals surface area contributed by atoms with E-state index in [2.05, 4.69) is 10.0 Å². The first-order valence-corrected chi connectivity index (χ1v) is 5.17. The zero-order valence-corrected chi connectivity index (χ0v) is 8.95. The molecule has 0 radical (unpaired) electrons. The molecule has 6 heteroatoms. The van der Waals surface area contributed by atoms with Crippen molar-refractivity contribution in [3.05, 3.63) is 10.4 Å². The third kappa shape index (κ3) is 3.07. The summed E-state index contributed by atoms with van der Waals surface area (Å²) in [6, 6.07) is 0.129. The van der Waals surface area contributed by atoms with E-state index in [-0.39, 0.29) is 31.2 Å². The standard InChI is InChI=1S/C9H18N4O2/c1-13-8(5-14)2-7(4-11-12-10)3-9(13)6-15/h7-9,14-15H,2-6H2,1H3/t7-,8-,9+. The number of rotatable bonds is 4. The molecule has 0 aromatic carbocycles. The number of likely N-dealkylation sites (tertiary alicyclic amines) is 1. The second-order valence-electron chi connectivity index (χ2n) is 4.09. The van der Waals surface area contributed by atoms with Crippen LogP contribution in [0, 0.1) is 5.92 Å². The van der Waals surface area contributed by atoms with Crippen LogP contribution in [0.5, 0.6) is 0 Å². The van der Waals surface area contributed by atoms with E-state index in [0.717, 1.165) is 12.8 Å². The Morgan fingerprint density at radius 2 is 1.87 bits per heavy atom. The fraction of sp³-hybridized carbons (Fsp3) is 1.00. The van der Waals surface area contributed by atoms with Crippen molar-refractivity contribution in [1.29, 1.82) is 0 Å². The highest BCUT2D eigenvalue weighted by atomic mass is 16.3. The minimum atomic E-state index is 0.0646. The molecule has 0 spiro atoms. The van der Waals surface area contributed by atoms with Gasteiger partial charge in [-0.25, -0.2) is 0 Å². The van der Waals surface area contributed by atoms with E-state index in [0.29, 0.717) is 6.54 Å². The van der Waals surface area contributed by atoms with Gasteiger partial charge in [0.25, 0.3) is 0 Å². The van der Waals surface area contributed by atoms with Gasteiger partial charge in [-0.3, -0.25) is 4.90 Å². The van der Waals surface area contributed by atoms with Crippen molar-refractivity contribution < 1.29 is 10.2 Å². The number of azide groups is 1. The number of piperidine rings is 1. The molecule has 0 saturated carbocycles. The molecule has 0 aromatic rings. The van der Waals surface area contributed by atoms with Gasteiger partial charge < -0.3 is 10.2 Å². The Bertz CT molecular complexity index is 228. The molecule has 1 saturated heterocycles. The molecule has 1 heterocycles. The van der Waals surface area contributed by atoms with Gasteiger partial charge in [0, 0.05) is 23.5 Å². The number of likely N-dealkylation sites (N-methyl/N-ethyl adjacent to an activating group) is 1. The summed E-state index contributed by atoms with van der Waals surface area (Å²) in [4.78, 5) is 4.74. The van der Waals surface area contributed by atoms with Crippen LogP contribution in [0.25, 0.3) is 10.4 Å². The number of hydrogen-bond donors (Lipinski definition) is 2. The van der Waals surface area contributed by atoms with E-state index in [9.17, 15) is 10.2 Å². The Kier molecular flexibility index (Phi) is 4.84. The van der Waals surface area contributed by atoms with Crippen molar-refractivity contribution in [3.63, 3.8) is 0 Å². The highest BCUT2D eigenvalue weighted by Gasteiger charge is 2.31. The molecule has 1 rings (SSSR count). The highest BCUT2D eigenvalue weighted by Crippen LogP contribution is 2.26. The lowest BCUT2D eigenvalue weighted by atomic mass is 9.87. The Morgan fingerprint density at radius 3 is 2.27 bits per heavy atom. The van der Waals surface area contributed by atoms with Gasteiger partial charge in [-0.1, -0.05) is 5.11 Å². The van der Waals surface area contributed by atoms with E-state index < -0.39 is 0 Å². The molecule has 1 aliphatic rings. The van der Waals surface area contributed by atoms with Crippen LogP contribution in [0.2, 0.25) is 0 Å². The minimum Gasteiger partial charge on any atom is -0.395 e. The summed E-state index contributed by atoms with van der Waals surface area (Å²) in [7, 11) is 1.91. The van der Waals surface area contributed by atoms with Crippen molar-refractivity contribution >= 4 is 0 Å². The molecule has 1 fully saturated rings. The first kappa shape index (κ1) is 12.3. The predicted octanol–water partition coefficient (Wildman–Crippen LogP) is 0.360. The second-order valence-corrected chi connectivity index (χ2v) is 4.09. The topological polar surface area (TPSA) is 92.5 Å². The van der Waals surface area contributed by atoms with Gasteiger partial charge in [-0.05, 0) is 31.3 Å². The highest BCUT2D eigenvalue weighted by molar-refractivity contribution is 4.87. The number of aliphatic hydroxyl groups is 2. The Hall–Kier alpha value is -0.810. The van der Waals surface area contributed by atoms with E-state index >= 15 is 0 Å². The fourth-order valence-corrected chi connectivity index (χ4v) is 2.20. The van der Waals surface area contributed by atoms with Gasteiger partial charge in [-0.15, -0.1) is 0 Å². The molecule has 0 bridgehead atoms. The molecule has 3 atom stereocenters. The van der Waals surface area contributed by atoms with Crippen LogP contribution in [0.4, 0.5) is 0 Å². The van der Waals surface area contributed by atoms with Crippen molar-refractivity contribution in [2.45, 2.75) is 24.9 Å². The Morgan fingerprint density at radius 1 is 1.33 bits per heavy atom. The molecule has 0 aromatic heterocycles. The zero-order chi connectivity index (χ0) is 11.3. The lowest BCUT2D eigenvalue weighted by Crippen LogP contribution is -2.50. The molecule has 2 N–H and O–H groups in total. The van der Waals surface area contributed by atoms with Gasteiger partial charge in [0.1, 0.15) is 0 Å². The summed E-state index contributed by atoms with van der Waals surface area (Å²) in [6.45, 7) is 0.622. The average molecular weight is 214 g/mol. The smallest absolute Gasteiger partial charge is 0.0586 e. The lowest BCUT2D eigenvalue weighted by Gasteiger charge is -2.41. The van der Waals surface area contributed by atoms with Gasteiger partial charge in [0.15, 0.2) is 0 Å². The summed E-state index contributed by atoms with van der Waals surface area (Å²) in [6.07, 6.45) is 1.64. The molecule has 6 nitrogen and oxygen atoms in total. The molecule has 0 aliphatic carbocycles. The van der Waals surface area contributed by atoms with Crippen molar-refractivity contribution in [1.82, 2.24) is 4.90 Å². The predicted molar refractivity (Wildman–Crippen MR) is 56.2 cm³/mol. The Balaban J connectivity index is 2.59. The summed E-state index contributed by atoms with van der Waals surface area (Å²) in [5.74, 6) is 0.270. The molecule has 86 valence electrons. The number of aliphatic hydroxyl groups excluding tert-OH is 2.